The molecule has 0 unspecified atom stereocenters. The highest BCUT2D eigenvalue weighted by atomic mass is 19.4. The van der Waals surface area contributed by atoms with Gasteiger partial charge >= 0.3 is 12.4 Å². The summed E-state index contributed by atoms with van der Waals surface area (Å²) in [5, 5.41) is 0. The summed E-state index contributed by atoms with van der Waals surface area (Å²) in [5.74, 6) is 0. The molecule has 0 aromatic carbocycles. The molecule has 77 valence electrons. The van der Waals surface area contributed by atoms with Gasteiger partial charge in [-0.25, -0.2) is 4.98 Å². The van der Waals surface area contributed by atoms with E-state index in [9.17, 15) is 26.3 Å². The molecule has 0 aliphatic rings. The van der Waals surface area contributed by atoms with E-state index >= 15 is 0 Å². The number of pyridine rings is 1. The van der Waals surface area contributed by atoms with Crippen LogP contribution in [0.4, 0.5) is 26.3 Å². The van der Waals surface area contributed by atoms with Crippen molar-refractivity contribution in [2.45, 2.75) is 12.4 Å². The van der Waals surface area contributed by atoms with E-state index in [0.29, 0.717) is 6.07 Å². The number of alkyl halides is 6. The van der Waals surface area contributed by atoms with Crippen molar-refractivity contribution < 1.29 is 26.3 Å². The van der Waals surface area contributed by atoms with Gasteiger partial charge < -0.3 is 0 Å². The van der Waals surface area contributed by atoms with Gasteiger partial charge in [-0.2, -0.15) is 26.3 Å². The van der Waals surface area contributed by atoms with Crippen LogP contribution in [-0.2, 0) is 12.4 Å². The van der Waals surface area contributed by atoms with E-state index in [2.05, 4.69) is 4.98 Å². The Kier molecular flexibility index (Phi) is 2.43. The third-order valence-corrected chi connectivity index (χ3v) is 1.32. The number of hydrogen-bond acceptors (Lipinski definition) is 1. The van der Waals surface area contributed by atoms with Gasteiger partial charge in [-0.15, -0.1) is 0 Å². The highest BCUT2D eigenvalue weighted by Crippen LogP contribution is 2.33. The van der Waals surface area contributed by atoms with Gasteiger partial charge in [0.05, 0.1) is 11.8 Å². The first-order valence-corrected chi connectivity index (χ1v) is 3.24. The third kappa shape index (κ3) is 2.36. The van der Waals surface area contributed by atoms with Crippen molar-refractivity contribution in [3.05, 3.63) is 29.6 Å². The molecule has 1 aromatic heterocycles. The minimum Gasteiger partial charge on any atom is -0.242 e. The van der Waals surface area contributed by atoms with Crippen molar-refractivity contribution in [1.82, 2.24) is 4.98 Å². The highest BCUT2D eigenvalue weighted by Gasteiger charge is 2.37. The number of nitrogens with zero attached hydrogens (tertiary/aromatic N) is 1. The van der Waals surface area contributed by atoms with Gasteiger partial charge in [0.2, 0.25) is 0 Å². The molecule has 0 fully saturated rings. The van der Waals surface area contributed by atoms with E-state index < -0.39 is 23.6 Å². The molecule has 0 aliphatic carbocycles. The Bertz CT molecular complexity index is 296. The largest absolute Gasteiger partial charge is 0.433 e. The predicted octanol–water partition coefficient (Wildman–Crippen LogP) is 2.92. The first kappa shape index (κ1) is 10.8. The van der Waals surface area contributed by atoms with Crippen LogP contribution < -0.4 is 0 Å². The van der Waals surface area contributed by atoms with Crippen LogP contribution in [0.15, 0.2) is 12.1 Å². The minimum absolute atomic E-state index is 0.0590. The zero-order chi connectivity index (χ0) is 11.0. The quantitative estimate of drug-likeness (QED) is 0.605. The maximum absolute atomic E-state index is 11.9. The lowest BCUT2D eigenvalue weighted by atomic mass is 10.2. The second kappa shape index (κ2) is 3.14. The Morgan fingerprint density at radius 2 is 1.57 bits per heavy atom. The van der Waals surface area contributed by atoms with Crippen LogP contribution in [0.3, 0.4) is 0 Å². The molecule has 0 atom stereocenters. The van der Waals surface area contributed by atoms with Crippen molar-refractivity contribution in [2.75, 3.05) is 0 Å². The van der Waals surface area contributed by atoms with Gasteiger partial charge in [0, 0.05) is 0 Å². The summed E-state index contributed by atoms with van der Waals surface area (Å²) < 4.78 is 71.5. The first-order valence-electron chi connectivity index (χ1n) is 3.24. The summed E-state index contributed by atoms with van der Waals surface area (Å²) in [7, 11) is 0. The summed E-state index contributed by atoms with van der Waals surface area (Å²) in [4.78, 5) is 2.67. The SMILES string of the molecule is FC(F)(F)c1c[c]nc(C(F)(F)F)c1. The van der Waals surface area contributed by atoms with E-state index in [-0.39, 0.29) is 6.07 Å². The van der Waals surface area contributed by atoms with E-state index in [1.807, 2.05) is 0 Å². The molecular weight excluding hydrogens is 212 g/mol. The average molecular weight is 214 g/mol. The molecule has 1 heterocycles. The Labute approximate surface area is 74.4 Å². The molecule has 1 nitrogen and oxygen atoms in total. The molecule has 0 spiro atoms. The van der Waals surface area contributed by atoms with Crippen molar-refractivity contribution in [3.8, 4) is 0 Å². The maximum atomic E-state index is 11.9. The average Bonchev–Trinajstić information content (AvgIpc) is 2.01. The minimum atomic E-state index is -4.89. The van der Waals surface area contributed by atoms with Crippen LogP contribution in [0.2, 0.25) is 0 Å². The number of halogens is 6. The Morgan fingerprint density at radius 3 is 2.00 bits per heavy atom. The number of aromatic nitrogens is 1. The van der Waals surface area contributed by atoms with Gasteiger partial charge in [0.1, 0.15) is 5.69 Å². The monoisotopic (exact) mass is 214 g/mol. The standard InChI is InChI=1S/C7H2F6N/c8-6(9,10)4-1-2-14-5(3-4)7(11,12)13/h1,3H. The molecule has 0 bridgehead atoms. The smallest absolute Gasteiger partial charge is 0.242 e. The van der Waals surface area contributed by atoms with Gasteiger partial charge in [-0.3, -0.25) is 0 Å². The lowest BCUT2D eigenvalue weighted by Crippen LogP contribution is -2.12. The van der Waals surface area contributed by atoms with E-state index in [1.54, 1.807) is 6.20 Å². The van der Waals surface area contributed by atoms with Gasteiger partial charge in [0.25, 0.3) is 0 Å². The molecule has 0 saturated carbocycles. The molecule has 7 heteroatoms. The van der Waals surface area contributed by atoms with E-state index in [1.165, 1.54) is 0 Å². The van der Waals surface area contributed by atoms with E-state index in [0.717, 1.165) is 0 Å². The van der Waals surface area contributed by atoms with Crippen LogP contribution in [0, 0.1) is 6.20 Å². The molecular formula is C7H2F6N. The fraction of sp³-hybridized carbons (Fsp3) is 0.286. The summed E-state index contributed by atoms with van der Waals surface area (Å²) >= 11 is 0. The second-order valence-corrected chi connectivity index (χ2v) is 2.37. The topological polar surface area (TPSA) is 12.9 Å². The molecule has 0 aliphatic heterocycles. The molecule has 1 radical (unpaired) electrons. The van der Waals surface area contributed by atoms with Crippen molar-refractivity contribution in [3.63, 3.8) is 0 Å². The van der Waals surface area contributed by atoms with Crippen molar-refractivity contribution in [2.24, 2.45) is 0 Å². The fourth-order valence-corrected chi connectivity index (χ4v) is 0.701. The van der Waals surface area contributed by atoms with Crippen LogP contribution in [-0.4, -0.2) is 4.98 Å². The van der Waals surface area contributed by atoms with Gasteiger partial charge in [-0.1, -0.05) is 0 Å². The summed E-state index contributed by atoms with van der Waals surface area (Å²) in [6.45, 7) is 0. The summed E-state index contributed by atoms with van der Waals surface area (Å²) in [6.07, 6.45) is -8.16. The van der Waals surface area contributed by atoms with Gasteiger partial charge in [0.15, 0.2) is 0 Å². The van der Waals surface area contributed by atoms with Gasteiger partial charge in [-0.05, 0) is 12.1 Å². The zero-order valence-corrected chi connectivity index (χ0v) is 6.37. The molecule has 1 rings (SSSR count). The van der Waals surface area contributed by atoms with Crippen LogP contribution in [0.5, 0.6) is 0 Å². The summed E-state index contributed by atoms with van der Waals surface area (Å²) in [6, 6.07) is 0.297. The second-order valence-electron chi connectivity index (χ2n) is 2.37. The lowest BCUT2D eigenvalue weighted by Gasteiger charge is -2.09. The van der Waals surface area contributed by atoms with Crippen molar-refractivity contribution in [1.29, 1.82) is 0 Å². The zero-order valence-electron chi connectivity index (χ0n) is 6.37. The Balaban J connectivity index is 3.15. The fourth-order valence-electron chi connectivity index (χ4n) is 0.701. The molecule has 0 amide bonds. The number of hydrogen-bond donors (Lipinski definition) is 0. The highest BCUT2D eigenvalue weighted by molar-refractivity contribution is 5.20. The molecule has 1 aromatic rings. The van der Waals surface area contributed by atoms with Crippen LogP contribution in [0.25, 0.3) is 0 Å². The van der Waals surface area contributed by atoms with Crippen LogP contribution in [0.1, 0.15) is 11.3 Å². The van der Waals surface area contributed by atoms with Crippen molar-refractivity contribution >= 4 is 0 Å². The predicted molar refractivity (Wildman–Crippen MR) is 33.1 cm³/mol. The molecule has 14 heavy (non-hydrogen) atoms. The van der Waals surface area contributed by atoms with E-state index in [4.69, 9.17) is 0 Å². The Morgan fingerprint density at radius 1 is 1.00 bits per heavy atom. The third-order valence-electron chi connectivity index (χ3n) is 1.32. The van der Waals surface area contributed by atoms with Crippen LogP contribution >= 0.6 is 0 Å². The number of rotatable bonds is 0. The molecule has 0 saturated heterocycles. The molecule has 0 N–H and O–H groups in total. The Hall–Kier alpha value is -1.27. The summed E-state index contributed by atoms with van der Waals surface area (Å²) in [5.41, 5.74) is -3.02. The lowest BCUT2D eigenvalue weighted by molar-refractivity contribution is -0.145. The first-order chi connectivity index (χ1) is 6.21. The normalized spacial score (nSPS) is 13.0. The maximum Gasteiger partial charge on any atom is 0.433 e.